The van der Waals surface area contributed by atoms with Crippen LogP contribution in [0.4, 0.5) is 0 Å². The average Bonchev–Trinajstić information content (AvgIpc) is 2.13. The molecule has 86 valence electrons. The lowest BCUT2D eigenvalue weighted by atomic mass is 10.5. The van der Waals surface area contributed by atoms with Crippen molar-refractivity contribution in [1.29, 1.82) is 0 Å². The molecule has 0 radical (unpaired) electrons. The van der Waals surface area contributed by atoms with Crippen molar-refractivity contribution in [3.05, 3.63) is 12.3 Å². The lowest BCUT2D eigenvalue weighted by Gasteiger charge is -2.32. The maximum atomic E-state index is 11.4. The molecular weight excluding hydrogens is 238 g/mol. The van der Waals surface area contributed by atoms with Gasteiger partial charge in [-0.05, 0) is 0 Å². The van der Waals surface area contributed by atoms with Gasteiger partial charge in [0.2, 0.25) is 0 Å². The van der Waals surface area contributed by atoms with Gasteiger partial charge in [-0.15, -0.1) is 0 Å². The first-order valence-electron chi connectivity index (χ1n) is 4.35. The second-order valence-corrected chi connectivity index (χ2v) is 6.60. The SMILES string of the molecule is CS(=O)(=O)C1CSCCN1C=CC(=O)O. The van der Waals surface area contributed by atoms with Gasteiger partial charge < -0.3 is 10.0 Å². The Bertz CT molecular complexity index is 363. The van der Waals surface area contributed by atoms with E-state index in [1.165, 1.54) is 12.5 Å². The van der Waals surface area contributed by atoms with Gasteiger partial charge in [0.15, 0.2) is 9.84 Å². The maximum absolute atomic E-state index is 11.4. The third-order valence-corrected chi connectivity index (χ3v) is 4.69. The Morgan fingerprint density at radius 1 is 1.60 bits per heavy atom. The van der Waals surface area contributed by atoms with Crippen LogP contribution in [0.15, 0.2) is 12.3 Å². The lowest BCUT2D eigenvalue weighted by Crippen LogP contribution is -2.43. The molecule has 1 N–H and O–H groups in total. The van der Waals surface area contributed by atoms with E-state index in [1.54, 1.807) is 16.7 Å². The van der Waals surface area contributed by atoms with E-state index in [4.69, 9.17) is 5.11 Å². The van der Waals surface area contributed by atoms with E-state index in [9.17, 15) is 13.2 Å². The Balaban J connectivity index is 2.79. The van der Waals surface area contributed by atoms with Gasteiger partial charge >= 0.3 is 5.97 Å². The Hall–Kier alpha value is -0.690. The van der Waals surface area contributed by atoms with E-state index in [-0.39, 0.29) is 0 Å². The predicted molar refractivity (Wildman–Crippen MR) is 59.4 cm³/mol. The molecule has 0 bridgehead atoms. The number of aliphatic carboxylic acids is 1. The fourth-order valence-corrected chi connectivity index (χ4v) is 4.14. The van der Waals surface area contributed by atoms with E-state index < -0.39 is 21.2 Å². The van der Waals surface area contributed by atoms with Gasteiger partial charge in [0.05, 0.1) is 0 Å². The summed E-state index contributed by atoms with van der Waals surface area (Å²) in [4.78, 5) is 11.9. The summed E-state index contributed by atoms with van der Waals surface area (Å²) in [5.41, 5.74) is 0. The van der Waals surface area contributed by atoms with Crippen LogP contribution in [0, 0.1) is 0 Å². The molecule has 1 atom stereocenters. The smallest absolute Gasteiger partial charge is 0.329 e. The molecule has 0 aromatic carbocycles. The first kappa shape index (κ1) is 12.4. The Kier molecular flexibility index (Phi) is 4.04. The minimum Gasteiger partial charge on any atom is -0.478 e. The van der Waals surface area contributed by atoms with E-state index in [0.29, 0.717) is 12.3 Å². The Labute approximate surface area is 93.1 Å². The van der Waals surface area contributed by atoms with Crippen LogP contribution in [-0.4, -0.2) is 54.1 Å². The molecule has 1 aliphatic rings. The van der Waals surface area contributed by atoms with Crippen molar-refractivity contribution in [2.45, 2.75) is 5.37 Å². The van der Waals surface area contributed by atoms with Crippen molar-refractivity contribution in [2.24, 2.45) is 0 Å². The van der Waals surface area contributed by atoms with Gasteiger partial charge in [0.25, 0.3) is 0 Å². The van der Waals surface area contributed by atoms with E-state index in [0.717, 1.165) is 11.8 Å². The van der Waals surface area contributed by atoms with Crippen LogP contribution >= 0.6 is 11.8 Å². The molecule has 7 heteroatoms. The van der Waals surface area contributed by atoms with Gasteiger partial charge in [0, 0.05) is 36.6 Å². The average molecular weight is 251 g/mol. The van der Waals surface area contributed by atoms with Crippen LogP contribution < -0.4 is 0 Å². The fourth-order valence-electron chi connectivity index (χ4n) is 1.29. The Morgan fingerprint density at radius 2 is 2.27 bits per heavy atom. The van der Waals surface area contributed by atoms with Crippen LogP contribution in [0.2, 0.25) is 0 Å². The molecular formula is C8H13NO4S2. The zero-order chi connectivity index (χ0) is 11.5. The molecule has 15 heavy (non-hydrogen) atoms. The number of carboxylic acids is 1. The standard InChI is InChI=1S/C8H13NO4S2/c1-15(12,13)7-6-14-5-4-9(7)3-2-8(10)11/h2-3,7H,4-6H2,1H3,(H,10,11). The highest BCUT2D eigenvalue weighted by atomic mass is 32.2. The predicted octanol–water partition coefficient (Wildman–Crippen LogP) is 0.00420. The number of hydrogen-bond donors (Lipinski definition) is 1. The quantitative estimate of drug-likeness (QED) is 0.712. The van der Waals surface area contributed by atoms with Crippen molar-refractivity contribution < 1.29 is 18.3 Å². The van der Waals surface area contributed by atoms with Crippen molar-refractivity contribution in [1.82, 2.24) is 4.90 Å². The molecule has 0 amide bonds. The van der Waals surface area contributed by atoms with Crippen LogP contribution in [0.1, 0.15) is 0 Å². The van der Waals surface area contributed by atoms with Gasteiger partial charge in [-0.1, -0.05) is 0 Å². The summed E-state index contributed by atoms with van der Waals surface area (Å²) >= 11 is 1.57. The highest BCUT2D eigenvalue weighted by Crippen LogP contribution is 2.20. The van der Waals surface area contributed by atoms with Crippen molar-refractivity contribution in [3.8, 4) is 0 Å². The number of thioether (sulfide) groups is 1. The van der Waals surface area contributed by atoms with Crippen LogP contribution in [0.3, 0.4) is 0 Å². The normalized spacial score (nSPS) is 23.3. The monoisotopic (exact) mass is 251 g/mol. The number of carboxylic acid groups (broad SMARTS) is 1. The largest absolute Gasteiger partial charge is 0.478 e. The number of rotatable bonds is 3. The molecule has 0 saturated carbocycles. The summed E-state index contributed by atoms with van der Waals surface area (Å²) in [7, 11) is -3.16. The van der Waals surface area contributed by atoms with E-state index in [2.05, 4.69) is 0 Å². The van der Waals surface area contributed by atoms with E-state index in [1.807, 2.05) is 0 Å². The number of nitrogens with zero attached hydrogens (tertiary/aromatic N) is 1. The second kappa shape index (κ2) is 4.89. The van der Waals surface area contributed by atoms with Crippen LogP contribution in [-0.2, 0) is 14.6 Å². The number of carbonyl (C=O) groups is 1. The molecule has 1 rings (SSSR count). The molecule has 0 aromatic heterocycles. The second-order valence-electron chi connectivity index (χ2n) is 3.25. The summed E-state index contributed by atoms with van der Waals surface area (Å²) in [5, 5.41) is 7.86. The van der Waals surface area contributed by atoms with Crippen molar-refractivity contribution in [2.75, 3.05) is 24.3 Å². The zero-order valence-electron chi connectivity index (χ0n) is 8.29. The summed E-state index contributed by atoms with van der Waals surface area (Å²) < 4.78 is 22.8. The summed E-state index contributed by atoms with van der Waals surface area (Å²) in [6, 6.07) is 0. The van der Waals surface area contributed by atoms with Crippen molar-refractivity contribution >= 4 is 27.6 Å². The topological polar surface area (TPSA) is 74.7 Å². The Morgan fingerprint density at radius 3 is 2.80 bits per heavy atom. The maximum Gasteiger partial charge on any atom is 0.329 e. The van der Waals surface area contributed by atoms with E-state index >= 15 is 0 Å². The minimum absolute atomic E-state index is 0.489. The fraction of sp³-hybridized carbons (Fsp3) is 0.625. The van der Waals surface area contributed by atoms with Gasteiger partial charge in [-0.25, -0.2) is 13.2 Å². The first-order chi connectivity index (χ1) is 6.91. The lowest BCUT2D eigenvalue weighted by molar-refractivity contribution is -0.131. The van der Waals surface area contributed by atoms with Crippen LogP contribution in [0.5, 0.6) is 0 Å². The van der Waals surface area contributed by atoms with Gasteiger partial charge in [-0.3, -0.25) is 0 Å². The zero-order valence-corrected chi connectivity index (χ0v) is 9.92. The highest BCUT2D eigenvalue weighted by Gasteiger charge is 2.28. The van der Waals surface area contributed by atoms with Crippen molar-refractivity contribution in [3.63, 3.8) is 0 Å². The molecule has 1 unspecified atom stereocenters. The van der Waals surface area contributed by atoms with Gasteiger partial charge in [-0.2, -0.15) is 11.8 Å². The molecule has 1 heterocycles. The highest BCUT2D eigenvalue weighted by molar-refractivity contribution is 8.00. The van der Waals surface area contributed by atoms with Gasteiger partial charge in [0.1, 0.15) is 5.37 Å². The molecule has 0 aromatic rings. The minimum atomic E-state index is -3.16. The molecule has 1 saturated heterocycles. The number of sulfone groups is 1. The molecule has 0 aliphatic carbocycles. The molecule has 1 fully saturated rings. The molecule has 5 nitrogen and oxygen atoms in total. The third kappa shape index (κ3) is 3.75. The first-order valence-corrected chi connectivity index (χ1v) is 7.45. The molecule has 1 aliphatic heterocycles. The number of hydrogen-bond acceptors (Lipinski definition) is 5. The summed E-state index contributed by atoms with van der Waals surface area (Å²) in [6.07, 6.45) is 3.48. The summed E-state index contributed by atoms with van der Waals surface area (Å²) in [6.45, 7) is 0.562. The molecule has 0 spiro atoms. The van der Waals surface area contributed by atoms with Crippen LogP contribution in [0.25, 0.3) is 0 Å². The third-order valence-electron chi connectivity index (χ3n) is 2.03. The summed E-state index contributed by atoms with van der Waals surface area (Å²) in [5.74, 6) is 0.235.